The summed E-state index contributed by atoms with van der Waals surface area (Å²) in [6.45, 7) is 11.6. The molecule has 0 spiro atoms. The maximum atomic E-state index is 6.16. The molecule has 2 unspecified atom stereocenters. The first-order valence-electron chi connectivity index (χ1n) is 18.6. The van der Waals surface area contributed by atoms with Crippen LogP contribution in [0.3, 0.4) is 0 Å². The highest BCUT2D eigenvalue weighted by atomic mass is 16.5. The van der Waals surface area contributed by atoms with Gasteiger partial charge in [0.25, 0.3) is 0 Å². The Kier molecular flexibility index (Phi) is 10.8. The zero-order valence-corrected chi connectivity index (χ0v) is 29.4. The summed E-state index contributed by atoms with van der Waals surface area (Å²) < 4.78 is 21.8. The van der Waals surface area contributed by atoms with E-state index in [1.165, 1.54) is 28.2 Å². The third kappa shape index (κ3) is 7.95. The average Bonchev–Trinajstić information content (AvgIpc) is 3.85. The number of aromatic nitrogens is 4. The molecule has 4 aliphatic rings. The molecule has 0 saturated carbocycles. The van der Waals surface area contributed by atoms with E-state index < -0.39 is 0 Å². The fourth-order valence-corrected chi connectivity index (χ4v) is 7.75. The predicted molar refractivity (Wildman–Crippen MR) is 199 cm³/mol. The fourth-order valence-electron chi connectivity index (χ4n) is 7.75. The molecule has 10 nitrogen and oxygen atoms in total. The minimum absolute atomic E-state index is 0.115. The Morgan fingerprint density at radius 1 is 0.529 bits per heavy atom. The number of hydrogen-bond acceptors (Lipinski definition) is 8. The second kappa shape index (κ2) is 16.4. The summed E-state index contributed by atoms with van der Waals surface area (Å²) in [5.74, 6) is 0. The Bertz CT molecular complexity index is 1800. The molecule has 2 fully saturated rings. The van der Waals surface area contributed by atoms with Crippen molar-refractivity contribution in [3.05, 3.63) is 126 Å². The number of para-hydroxylation sites is 3. The Morgan fingerprint density at radius 2 is 1.04 bits per heavy atom. The van der Waals surface area contributed by atoms with Crippen LogP contribution in [0.5, 0.6) is 0 Å². The van der Waals surface area contributed by atoms with Crippen molar-refractivity contribution < 1.29 is 14.2 Å². The summed E-state index contributed by atoms with van der Waals surface area (Å²) in [6, 6.07) is 31.4. The molecule has 2 atom stereocenters. The molecule has 266 valence electrons. The highest BCUT2D eigenvalue weighted by molar-refractivity contribution is 5.46. The van der Waals surface area contributed by atoms with E-state index in [0.717, 1.165) is 109 Å². The van der Waals surface area contributed by atoms with Gasteiger partial charge >= 0.3 is 0 Å². The molecule has 9 rings (SSSR count). The number of nitrogens with zero attached hydrogens (tertiary/aromatic N) is 7. The van der Waals surface area contributed by atoms with Crippen LogP contribution in [0.25, 0.3) is 11.4 Å². The minimum Gasteiger partial charge on any atom is -0.379 e. The number of ether oxygens (including phenoxy) is 3. The van der Waals surface area contributed by atoms with E-state index in [0.29, 0.717) is 0 Å². The van der Waals surface area contributed by atoms with E-state index >= 15 is 0 Å². The Morgan fingerprint density at radius 3 is 1.61 bits per heavy atom. The van der Waals surface area contributed by atoms with E-state index in [-0.39, 0.29) is 12.2 Å². The van der Waals surface area contributed by atoms with Crippen LogP contribution in [-0.4, -0.2) is 108 Å². The van der Waals surface area contributed by atoms with Gasteiger partial charge in [-0.2, -0.15) is 10.2 Å². The quantitative estimate of drug-likeness (QED) is 0.212. The molecule has 5 aromatic rings. The van der Waals surface area contributed by atoms with Gasteiger partial charge in [0.05, 0.1) is 73.8 Å². The number of anilines is 1. The molecule has 0 N–H and O–H groups in total. The lowest BCUT2D eigenvalue weighted by Gasteiger charge is -2.38. The van der Waals surface area contributed by atoms with Gasteiger partial charge < -0.3 is 19.1 Å². The summed E-state index contributed by atoms with van der Waals surface area (Å²) in [6.07, 6.45) is 7.15. The number of hydrogen-bond donors (Lipinski definition) is 0. The standard InChI is InChI=1S/C23H26N4O.C18H23N3O2/c1-3-7-19(8-4-1)26-14-12-25(13-15-26)18-23-21-17-24-27(22(21)11-16-28-23)20-9-5-2-6-10-20;1-2-4-15(5-3-1)21-17-7-11-23-18(16(17)14-19-21)6-8-20-9-12-22-13-10-20/h1-10,17,23H,11-16,18H2;1-5,14,18H,6-13H2. The lowest BCUT2D eigenvalue weighted by atomic mass is 10.0. The van der Waals surface area contributed by atoms with Crippen LogP contribution in [0, 0.1) is 0 Å². The van der Waals surface area contributed by atoms with Crippen molar-refractivity contribution >= 4 is 5.69 Å². The van der Waals surface area contributed by atoms with E-state index in [9.17, 15) is 0 Å². The van der Waals surface area contributed by atoms with Gasteiger partial charge in [0, 0.05) is 82.0 Å². The summed E-state index contributed by atoms with van der Waals surface area (Å²) in [5, 5.41) is 9.29. The second-order valence-electron chi connectivity index (χ2n) is 13.7. The van der Waals surface area contributed by atoms with Crippen molar-refractivity contribution in [3.63, 3.8) is 0 Å². The SMILES string of the molecule is c1ccc(-n2ncc3c2CCOC3CCN2CCOCC2)cc1.c1ccc(N2CCN(CC3OCCc4c3cnn4-c3ccccc3)CC2)cc1. The number of fused-ring (bicyclic) bond motifs is 2. The first-order chi connectivity index (χ1) is 25.3. The predicted octanol–water partition coefficient (Wildman–Crippen LogP) is 5.52. The molecule has 0 aliphatic carbocycles. The average molecular weight is 688 g/mol. The highest BCUT2D eigenvalue weighted by Crippen LogP contribution is 2.32. The molecule has 3 aromatic carbocycles. The lowest BCUT2D eigenvalue weighted by molar-refractivity contribution is 0.00702. The van der Waals surface area contributed by atoms with Crippen molar-refractivity contribution in [2.75, 3.05) is 83.7 Å². The van der Waals surface area contributed by atoms with Gasteiger partial charge in [0.15, 0.2) is 0 Å². The summed E-state index contributed by atoms with van der Waals surface area (Å²) in [7, 11) is 0. The normalized spacial score (nSPS) is 21.0. The van der Waals surface area contributed by atoms with Gasteiger partial charge in [-0.05, 0) is 42.8 Å². The van der Waals surface area contributed by atoms with Gasteiger partial charge in [-0.3, -0.25) is 9.80 Å². The molecular weight excluding hydrogens is 638 g/mol. The summed E-state index contributed by atoms with van der Waals surface area (Å²) in [4.78, 5) is 7.46. The third-order valence-corrected chi connectivity index (χ3v) is 10.5. The van der Waals surface area contributed by atoms with Crippen molar-refractivity contribution in [1.82, 2.24) is 29.4 Å². The van der Waals surface area contributed by atoms with Crippen LogP contribution in [-0.2, 0) is 27.1 Å². The van der Waals surface area contributed by atoms with Gasteiger partial charge in [-0.25, -0.2) is 9.36 Å². The molecule has 4 aliphatic heterocycles. The Balaban J connectivity index is 0.000000150. The third-order valence-electron chi connectivity index (χ3n) is 10.5. The van der Waals surface area contributed by atoms with Crippen LogP contribution in [0.1, 0.15) is 41.1 Å². The monoisotopic (exact) mass is 687 g/mol. The maximum Gasteiger partial charge on any atom is 0.0985 e. The summed E-state index contributed by atoms with van der Waals surface area (Å²) >= 11 is 0. The number of piperazine rings is 1. The first-order valence-corrected chi connectivity index (χ1v) is 18.6. The van der Waals surface area contributed by atoms with E-state index in [1.807, 2.05) is 24.5 Å². The van der Waals surface area contributed by atoms with Crippen LogP contribution in [0.4, 0.5) is 5.69 Å². The molecule has 0 amide bonds. The van der Waals surface area contributed by atoms with Crippen molar-refractivity contribution in [1.29, 1.82) is 0 Å². The highest BCUT2D eigenvalue weighted by Gasteiger charge is 2.29. The molecule has 2 aromatic heterocycles. The molecule has 10 heteroatoms. The molecular formula is C41H49N7O3. The van der Waals surface area contributed by atoms with Crippen LogP contribution >= 0.6 is 0 Å². The fraction of sp³-hybridized carbons (Fsp3) is 0.415. The van der Waals surface area contributed by atoms with E-state index in [2.05, 4.69) is 113 Å². The van der Waals surface area contributed by atoms with Crippen molar-refractivity contribution in [2.45, 2.75) is 31.5 Å². The van der Waals surface area contributed by atoms with Crippen LogP contribution in [0.15, 0.2) is 103 Å². The first kappa shape index (κ1) is 33.8. The van der Waals surface area contributed by atoms with Crippen molar-refractivity contribution in [3.8, 4) is 11.4 Å². The number of benzene rings is 3. The Hall–Kier alpha value is -4.32. The van der Waals surface area contributed by atoms with Gasteiger partial charge in [0.2, 0.25) is 0 Å². The zero-order valence-electron chi connectivity index (χ0n) is 29.4. The number of rotatable bonds is 8. The Labute approximate surface area is 301 Å². The maximum absolute atomic E-state index is 6.16. The summed E-state index contributed by atoms with van der Waals surface area (Å²) in [5.41, 5.74) is 8.68. The van der Waals surface area contributed by atoms with E-state index in [4.69, 9.17) is 14.2 Å². The largest absolute Gasteiger partial charge is 0.379 e. The second-order valence-corrected chi connectivity index (χ2v) is 13.7. The van der Waals surface area contributed by atoms with Gasteiger partial charge in [-0.1, -0.05) is 54.6 Å². The molecule has 51 heavy (non-hydrogen) atoms. The number of morpholine rings is 1. The molecule has 0 bridgehead atoms. The smallest absolute Gasteiger partial charge is 0.0985 e. The molecule has 0 radical (unpaired) electrons. The lowest BCUT2D eigenvalue weighted by Crippen LogP contribution is -2.48. The van der Waals surface area contributed by atoms with Gasteiger partial charge in [0.1, 0.15) is 0 Å². The molecule has 2 saturated heterocycles. The topological polar surface area (TPSA) is 73.1 Å². The van der Waals surface area contributed by atoms with Crippen LogP contribution < -0.4 is 4.90 Å². The minimum atomic E-state index is 0.115. The van der Waals surface area contributed by atoms with Crippen LogP contribution in [0.2, 0.25) is 0 Å². The van der Waals surface area contributed by atoms with E-state index in [1.54, 1.807) is 0 Å². The van der Waals surface area contributed by atoms with Gasteiger partial charge in [-0.15, -0.1) is 0 Å². The van der Waals surface area contributed by atoms with Crippen molar-refractivity contribution in [2.24, 2.45) is 0 Å². The zero-order chi connectivity index (χ0) is 34.2. The molecule has 6 heterocycles.